The molecule has 3 N–H and O–H groups in total. The number of fused-ring (bicyclic) bond motifs is 2. The molecular weight excluding hydrogens is 442 g/mol. The number of pyridine rings is 2. The van der Waals surface area contributed by atoms with Gasteiger partial charge in [-0.05, 0) is 62.7 Å². The van der Waals surface area contributed by atoms with Crippen LogP contribution in [0.3, 0.4) is 0 Å². The van der Waals surface area contributed by atoms with Crippen molar-refractivity contribution in [3.63, 3.8) is 0 Å². The highest BCUT2D eigenvalue weighted by Gasteiger charge is 2.24. The van der Waals surface area contributed by atoms with Gasteiger partial charge in [-0.1, -0.05) is 12.1 Å². The second-order valence-electron chi connectivity index (χ2n) is 8.62. The minimum absolute atomic E-state index is 0.0629. The summed E-state index contributed by atoms with van der Waals surface area (Å²) in [6.07, 6.45) is 3.38. The SMILES string of the molecule is Cc1nc2ccc(CNC(=O)c3cccn4c(C(=O)NC(C)C)c(-c5ccccn5)nc34)cc2[nH]1. The fourth-order valence-electron chi connectivity index (χ4n) is 4.05. The van der Waals surface area contributed by atoms with E-state index in [9.17, 15) is 9.59 Å². The normalized spacial score (nSPS) is 11.3. The van der Waals surface area contributed by atoms with Crippen LogP contribution in [0, 0.1) is 6.92 Å². The Morgan fingerprint density at radius 3 is 2.69 bits per heavy atom. The van der Waals surface area contributed by atoms with E-state index in [-0.39, 0.29) is 17.9 Å². The summed E-state index contributed by atoms with van der Waals surface area (Å²) >= 11 is 0. The molecule has 0 aliphatic carbocycles. The molecule has 9 nitrogen and oxygen atoms in total. The molecule has 2 amide bonds. The summed E-state index contributed by atoms with van der Waals surface area (Å²) in [6.45, 7) is 6.02. The monoisotopic (exact) mass is 467 g/mol. The van der Waals surface area contributed by atoms with E-state index in [1.54, 1.807) is 41.1 Å². The summed E-state index contributed by atoms with van der Waals surface area (Å²) in [4.78, 5) is 43.0. The number of nitrogens with zero attached hydrogens (tertiary/aromatic N) is 4. The topological polar surface area (TPSA) is 117 Å². The van der Waals surface area contributed by atoms with Crippen molar-refractivity contribution >= 4 is 28.5 Å². The molecule has 0 unspecified atom stereocenters. The number of imidazole rings is 2. The molecule has 4 heterocycles. The zero-order chi connectivity index (χ0) is 24.5. The number of nitrogens with one attached hydrogen (secondary N) is 3. The number of carbonyl (C=O) groups excluding carboxylic acids is 2. The molecule has 9 heteroatoms. The van der Waals surface area contributed by atoms with Crippen molar-refractivity contribution in [1.29, 1.82) is 0 Å². The van der Waals surface area contributed by atoms with E-state index < -0.39 is 0 Å². The molecule has 0 fully saturated rings. The Morgan fingerprint density at radius 2 is 1.91 bits per heavy atom. The number of carbonyl (C=O) groups is 2. The minimum Gasteiger partial charge on any atom is -0.349 e. The van der Waals surface area contributed by atoms with Crippen molar-refractivity contribution in [1.82, 2.24) is 35.0 Å². The molecule has 0 spiro atoms. The van der Waals surface area contributed by atoms with Crippen LogP contribution in [0.15, 0.2) is 60.9 Å². The Kier molecular flexibility index (Phi) is 5.74. The van der Waals surface area contributed by atoms with Crippen molar-refractivity contribution in [2.45, 2.75) is 33.4 Å². The lowest BCUT2D eigenvalue weighted by molar-refractivity contribution is 0.0932. The highest BCUT2D eigenvalue weighted by molar-refractivity contribution is 6.04. The number of hydrogen-bond donors (Lipinski definition) is 3. The predicted octanol–water partition coefficient (Wildman–Crippen LogP) is 3.65. The van der Waals surface area contributed by atoms with E-state index in [0.29, 0.717) is 34.8 Å². The molecular formula is C26H25N7O2. The number of aromatic amines is 1. The van der Waals surface area contributed by atoms with Gasteiger partial charge in [-0.2, -0.15) is 0 Å². The summed E-state index contributed by atoms with van der Waals surface area (Å²) in [6, 6.07) is 14.6. The molecule has 4 aromatic heterocycles. The minimum atomic E-state index is -0.287. The molecule has 0 saturated heterocycles. The van der Waals surface area contributed by atoms with Gasteiger partial charge in [0.25, 0.3) is 11.8 Å². The molecule has 0 saturated carbocycles. The van der Waals surface area contributed by atoms with Gasteiger partial charge < -0.3 is 15.6 Å². The third-order valence-electron chi connectivity index (χ3n) is 5.55. The number of H-pyrrole nitrogens is 1. The largest absolute Gasteiger partial charge is 0.349 e. The molecule has 0 bridgehead atoms. The van der Waals surface area contributed by atoms with Crippen LogP contribution in [-0.2, 0) is 6.54 Å². The third-order valence-corrected chi connectivity index (χ3v) is 5.55. The maximum absolute atomic E-state index is 13.2. The average Bonchev–Trinajstić information content (AvgIpc) is 3.42. The van der Waals surface area contributed by atoms with Crippen LogP contribution in [0.5, 0.6) is 0 Å². The Hall–Kier alpha value is -4.53. The van der Waals surface area contributed by atoms with Crippen LogP contribution in [0.2, 0.25) is 0 Å². The van der Waals surface area contributed by atoms with E-state index in [1.165, 1.54) is 0 Å². The lowest BCUT2D eigenvalue weighted by Gasteiger charge is -2.10. The standard InChI is InChI=1S/C26H25N7O2/c1-15(2)29-26(35)23-22(20-8-4-5-11-27-20)32-24-18(7-6-12-33(23)24)25(34)28-14-17-9-10-19-21(13-17)31-16(3)30-19/h4-13,15H,14H2,1-3H3,(H,28,34)(H,29,35)(H,30,31). The van der Waals surface area contributed by atoms with Gasteiger partial charge in [0, 0.05) is 25.0 Å². The fourth-order valence-corrected chi connectivity index (χ4v) is 4.05. The maximum atomic E-state index is 13.2. The van der Waals surface area contributed by atoms with E-state index in [1.807, 2.05) is 45.0 Å². The third kappa shape index (κ3) is 4.35. The van der Waals surface area contributed by atoms with Crippen LogP contribution >= 0.6 is 0 Å². The molecule has 176 valence electrons. The zero-order valence-corrected chi connectivity index (χ0v) is 19.7. The summed E-state index contributed by atoms with van der Waals surface area (Å²) in [5.41, 5.74) is 4.81. The van der Waals surface area contributed by atoms with Crippen LogP contribution < -0.4 is 10.6 Å². The number of benzene rings is 1. The van der Waals surface area contributed by atoms with Gasteiger partial charge >= 0.3 is 0 Å². The van der Waals surface area contributed by atoms with Crippen LogP contribution in [0.25, 0.3) is 28.1 Å². The number of hydrogen-bond acceptors (Lipinski definition) is 5. The summed E-state index contributed by atoms with van der Waals surface area (Å²) < 4.78 is 1.65. The number of aromatic nitrogens is 5. The van der Waals surface area contributed by atoms with Crippen molar-refractivity contribution in [2.75, 3.05) is 0 Å². The van der Waals surface area contributed by atoms with Crippen LogP contribution in [0.1, 0.15) is 46.1 Å². The second-order valence-corrected chi connectivity index (χ2v) is 8.62. The van der Waals surface area contributed by atoms with Crippen LogP contribution in [-0.4, -0.2) is 42.2 Å². The van der Waals surface area contributed by atoms with Gasteiger partial charge in [0.1, 0.15) is 17.2 Å². The molecule has 0 atom stereocenters. The quantitative estimate of drug-likeness (QED) is 0.352. The molecule has 0 aliphatic rings. The smallest absolute Gasteiger partial charge is 0.270 e. The van der Waals surface area contributed by atoms with E-state index in [0.717, 1.165) is 22.4 Å². The highest BCUT2D eigenvalue weighted by Crippen LogP contribution is 2.25. The van der Waals surface area contributed by atoms with E-state index in [2.05, 4.69) is 25.6 Å². The Balaban J connectivity index is 1.50. The zero-order valence-electron chi connectivity index (χ0n) is 19.7. The predicted molar refractivity (Wildman–Crippen MR) is 133 cm³/mol. The highest BCUT2D eigenvalue weighted by atomic mass is 16.2. The maximum Gasteiger partial charge on any atom is 0.270 e. The number of rotatable bonds is 6. The van der Waals surface area contributed by atoms with Crippen molar-refractivity contribution in [3.8, 4) is 11.4 Å². The van der Waals surface area contributed by atoms with E-state index >= 15 is 0 Å². The molecule has 0 aliphatic heterocycles. The number of aryl methyl sites for hydroxylation is 1. The first-order valence-electron chi connectivity index (χ1n) is 11.4. The summed E-state index contributed by atoms with van der Waals surface area (Å²) in [7, 11) is 0. The van der Waals surface area contributed by atoms with Gasteiger partial charge in [-0.3, -0.25) is 19.0 Å². The molecule has 5 aromatic rings. The van der Waals surface area contributed by atoms with Crippen molar-refractivity contribution in [3.05, 3.63) is 83.6 Å². The first kappa shape index (κ1) is 22.3. The number of amides is 2. The second kappa shape index (κ2) is 9.02. The van der Waals surface area contributed by atoms with Crippen LogP contribution in [0.4, 0.5) is 0 Å². The molecule has 0 radical (unpaired) electrons. The Bertz CT molecular complexity index is 1550. The Labute approximate surface area is 201 Å². The van der Waals surface area contributed by atoms with Gasteiger partial charge in [-0.15, -0.1) is 0 Å². The molecule has 5 rings (SSSR count). The average molecular weight is 468 g/mol. The first-order chi connectivity index (χ1) is 16.9. The first-order valence-corrected chi connectivity index (χ1v) is 11.4. The summed E-state index contributed by atoms with van der Waals surface area (Å²) in [5.74, 6) is 0.270. The Morgan fingerprint density at radius 1 is 1.06 bits per heavy atom. The van der Waals surface area contributed by atoms with E-state index in [4.69, 9.17) is 4.98 Å². The fraction of sp³-hybridized carbons (Fsp3) is 0.192. The molecule has 1 aromatic carbocycles. The van der Waals surface area contributed by atoms with Gasteiger partial charge in [-0.25, -0.2) is 9.97 Å². The summed E-state index contributed by atoms with van der Waals surface area (Å²) in [5, 5.41) is 5.89. The molecule has 35 heavy (non-hydrogen) atoms. The van der Waals surface area contributed by atoms with Gasteiger partial charge in [0.15, 0.2) is 5.65 Å². The van der Waals surface area contributed by atoms with Gasteiger partial charge in [0.2, 0.25) is 0 Å². The lowest BCUT2D eigenvalue weighted by atomic mass is 10.2. The van der Waals surface area contributed by atoms with Crippen molar-refractivity contribution in [2.24, 2.45) is 0 Å². The van der Waals surface area contributed by atoms with Gasteiger partial charge in [0.05, 0.1) is 22.3 Å². The lowest BCUT2D eigenvalue weighted by Crippen LogP contribution is -2.31. The van der Waals surface area contributed by atoms with Crippen molar-refractivity contribution < 1.29 is 9.59 Å².